The van der Waals surface area contributed by atoms with E-state index < -0.39 is 0 Å². The normalized spacial score (nSPS) is 13.3. The van der Waals surface area contributed by atoms with Crippen LogP contribution in [-0.4, -0.2) is 35.2 Å². The van der Waals surface area contributed by atoms with Crippen LogP contribution >= 0.6 is 0 Å². The second-order valence-electron chi connectivity index (χ2n) is 14.8. The highest BCUT2D eigenvalue weighted by molar-refractivity contribution is 6.99. The van der Waals surface area contributed by atoms with E-state index >= 15 is 0 Å². The Bertz CT molecular complexity index is 3470. The molecule has 0 unspecified atom stereocenters. The first-order valence-corrected chi connectivity index (χ1v) is 19.0. The van der Waals surface area contributed by atoms with E-state index in [-0.39, 0.29) is 6.71 Å². The number of nitrogens with zero attached hydrogens (tertiary/aromatic N) is 6. The Hall–Kier alpha value is -7.85. The van der Waals surface area contributed by atoms with Gasteiger partial charge in [-0.25, -0.2) is 9.97 Å². The Kier molecular flexibility index (Phi) is 5.42. The summed E-state index contributed by atoms with van der Waals surface area (Å²) in [5.74, 6) is 6.60. The van der Waals surface area contributed by atoms with Crippen molar-refractivity contribution in [3.05, 3.63) is 152 Å². The maximum Gasteiger partial charge on any atom is 0.270 e. The van der Waals surface area contributed by atoms with Crippen molar-refractivity contribution in [2.75, 3.05) is 0 Å². The van der Waals surface area contributed by atoms with Gasteiger partial charge in [-0.3, -0.25) is 13.5 Å². The van der Waals surface area contributed by atoms with Gasteiger partial charge >= 0.3 is 0 Å². The number of imidazole rings is 2. The fourth-order valence-electron chi connectivity index (χ4n) is 9.46. The zero-order valence-corrected chi connectivity index (χ0v) is 29.9. The maximum absolute atomic E-state index is 6.75. The number of aromatic nitrogens is 6. The van der Waals surface area contributed by atoms with Crippen LogP contribution in [0.3, 0.4) is 0 Å². The van der Waals surface area contributed by atoms with Crippen molar-refractivity contribution in [1.29, 1.82) is 0 Å². The number of fused-ring (bicyclic) bond motifs is 8. The summed E-state index contributed by atoms with van der Waals surface area (Å²) < 4.78 is 26.4. The monoisotopic (exact) mass is 732 g/mol. The Labute approximate surface area is 323 Å². The predicted octanol–water partition coefficient (Wildman–Crippen LogP) is 8.82. The first-order valence-electron chi connectivity index (χ1n) is 19.0. The standard InChI is InChI=1S/C47H25BN6O3/c1-4-14-31-27(11-1)28-12-2-5-15-32(28)52(31)46-49-30(25-42(51-46)54-35-18-8-7-17-34(35)53-33-16-6-3-13-29(33)50-47(53)54)26-23-40-45-41(24-26)57-39-22-10-20-37-44(39)48(45)43-36(55-37)19-9-21-38(43)56-40/h1-25H. The summed E-state index contributed by atoms with van der Waals surface area (Å²) in [5, 5.41) is 2.26. The summed E-state index contributed by atoms with van der Waals surface area (Å²) in [5.41, 5.74) is 10.6. The molecule has 14 rings (SSSR count). The SMILES string of the molecule is c1cc2c3c(c1)Oc1cc(-c4cc(-n5c6ccccc6n6c7ccccc7nc56)nc(-n5c6ccccc6c6ccccc65)n4)cc4c1B3c1c(cccc1O4)O2. The van der Waals surface area contributed by atoms with Crippen molar-refractivity contribution in [1.82, 2.24) is 28.5 Å². The van der Waals surface area contributed by atoms with Crippen molar-refractivity contribution in [2.45, 2.75) is 0 Å². The summed E-state index contributed by atoms with van der Waals surface area (Å²) in [6.45, 7) is -0.0825. The van der Waals surface area contributed by atoms with Crippen molar-refractivity contribution >= 4 is 72.8 Å². The molecule has 0 fully saturated rings. The number of hydrogen-bond acceptors (Lipinski definition) is 6. The molecule has 264 valence electrons. The highest BCUT2D eigenvalue weighted by Crippen LogP contribution is 2.44. The van der Waals surface area contributed by atoms with E-state index in [4.69, 9.17) is 29.2 Å². The molecule has 11 aromatic rings. The lowest BCUT2D eigenvalue weighted by Crippen LogP contribution is -2.59. The van der Waals surface area contributed by atoms with Crippen LogP contribution in [0.5, 0.6) is 34.5 Å². The van der Waals surface area contributed by atoms with Gasteiger partial charge in [-0.05, 0) is 72.8 Å². The Balaban J connectivity index is 1.07. The van der Waals surface area contributed by atoms with Gasteiger partial charge in [0, 0.05) is 38.8 Å². The molecule has 0 amide bonds. The van der Waals surface area contributed by atoms with E-state index in [9.17, 15) is 0 Å². The lowest BCUT2D eigenvalue weighted by Gasteiger charge is -2.37. The molecule has 0 bridgehead atoms. The van der Waals surface area contributed by atoms with Gasteiger partial charge in [0.15, 0.2) is 0 Å². The van der Waals surface area contributed by atoms with E-state index in [1.165, 1.54) is 0 Å². The first-order chi connectivity index (χ1) is 28.2. The molecule has 0 radical (unpaired) electrons. The third-order valence-electron chi connectivity index (χ3n) is 11.8. The summed E-state index contributed by atoms with van der Waals surface area (Å²) in [6, 6.07) is 51.7. The van der Waals surface area contributed by atoms with Crippen LogP contribution in [0.25, 0.3) is 72.7 Å². The van der Waals surface area contributed by atoms with Crippen molar-refractivity contribution in [3.63, 3.8) is 0 Å². The second kappa shape index (κ2) is 10.5. The van der Waals surface area contributed by atoms with E-state index in [0.717, 1.165) is 106 Å². The van der Waals surface area contributed by atoms with E-state index in [1.807, 2.05) is 42.5 Å². The lowest BCUT2D eigenvalue weighted by atomic mass is 9.34. The molecule has 10 heteroatoms. The van der Waals surface area contributed by atoms with Crippen molar-refractivity contribution in [3.8, 4) is 57.5 Å². The largest absolute Gasteiger partial charge is 0.458 e. The zero-order chi connectivity index (χ0) is 36.9. The molecular weight excluding hydrogens is 707 g/mol. The van der Waals surface area contributed by atoms with Gasteiger partial charge in [0.2, 0.25) is 11.7 Å². The van der Waals surface area contributed by atoms with Crippen LogP contribution in [0.15, 0.2) is 152 Å². The molecule has 7 heterocycles. The van der Waals surface area contributed by atoms with E-state index in [2.05, 4.69) is 123 Å². The first kappa shape index (κ1) is 29.5. The third-order valence-corrected chi connectivity index (χ3v) is 11.8. The minimum Gasteiger partial charge on any atom is -0.458 e. The van der Waals surface area contributed by atoms with Crippen LogP contribution in [-0.2, 0) is 0 Å². The smallest absolute Gasteiger partial charge is 0.270 e. The second-order valence-corrected chi connectivity index (χ2v) is 14.8. The third kappa shape index (κ3) is 3.81. The number of rotatable bonds is 3. The fourth-order valence-corrected chi connectivity index (χ4v) is 9.46. The average Bonchev–Trinajstić information content (AvgIpc) is 3.90. The van der Waals surface area contributed by atoms with E-state index in [1.54, 1.807) is 0 Å². The molecular formula is C47H25BN6O3. The quantitative estimate of drug-likeness (QED) is 0.169. The van der Waals surface area contributed by atoms with Crippen LogP contribution < -0.4 is 30.6 Å². The summed E-state index contributed by atoms with van der Waals surface area (Å²) in [6.07, 6.45) is 0. The molecule has 57 heavy (non-hydrogen) atoms. The topological polar surface area (TPSA) is 80.6 Å². The Morgan fingerprint density at radius 1 is 0.421 bits per heavy atom. The number of para-hydroxylation sites is 6. The number of hydrogen-bond donors (Lipinski definition) is 0. The number of benzene rings is 7. The molecule has 4 aromatic heterocycles. The molecule has 7 aromatic carbocycles. The van der Waals surface area contributed by atoms with Crippen molar-refractivity contribution < 1.29 is 14.2 Å². The highest BCUT2D eigenvalue weighted by Gasteiger charge is 2.46. The molecule has 0 saturated heterocycles. The van der Waals surface area contributed by atoms with Crippen LogP contribution in [0.4, 0.5) is 0 Å². The summed E-state index contributed by atoms with van der Waals surface area (Å²) in [4.78, 5) is 16.0. The molecule has 0 saturated carbocycles. The Morgan fingerprint density at radius 3 is 1.60 bits per heavy atom. The van der Waals surface area contributed by atoms with Crippen LogP contribution in [0.2, 0.25) is 0 Å². The molecule has 3 aliphatic rings. The summed E-state index contributed by atoms with van der Waals surface area (Å²) in [7, 11) is 0. The molecule has 0 atom stereocenters. The lowest BCUT2D eigenvalue weighted by molar-refractivity contribution is 0.443. The predicted molar refractivity (Wildman–Crippen MR) is 223 cm³/mol. The van der Waals surface area contributed by atoms with Crippen LogP contribution in [0, 0.1) is 0 Å². The van der Waals surface area contributed by atoms with Gasteiger partial charge in [-0.15, -0.1) is 0 Å². The van der Waals surface area contributed by atoms with Gasteiger partial charge in [-0.2, -0.15) is 4.98 Å². The summed E-state index contributed by atoms with van der Waals surface area (Å²) >= 11 is 0. The molecule has 9 nitrogen and oxygen atoms in total. The fraction of sp³-hybridized carbons (Fsp3) is 0. The average molecular weight is 733 g/mol. The molecule has 3 aliphatic heterocycles. The van der Waals surface area contributed by atoms with Gasteiger partial charge < -0.3 is 14.2 Å². The molecule has 0 N–H and O–H groups in total. The minimum absolute atomic E-state index is 0.0825. The van der Waals surface area contributed by atoms with Crippen LogP contribution in [0.1, 0.15) is 0 Å². The Morgan fingerprint density at radius 2 is 0.947 bits per heavy atom. The van der Waals surface area contributed by atoms with E-state index in [0.29, 0.717) is 17.5 Å². The van der Waals surface area contributed by atoms with Crippen molar-refractivity contribution in [2.24, 2.45) is 0 Å². The van der Waals surface area contributed by atoms with Gasteiger partial charge in [0.25, 0.3) is 6.71 Å². The molecule has 0 spiro atoms. The molecule has 0 aliphatic carbocycles. The van der Waals surface area contributed by atoms with Gasteiger partial charge in [0.05, 0.1) is 38.8 Å². The van der Waals surface area contributed by atoms with Gasteiger partial charge in [-0.1, -0.05) is 72.8 Å². The minimum atomic E-state index is -0.0825. The highest BCUT2D eigenvalue weighted by atomic mass is 16.5. The number of ether oxygens (including phenoxy) is 3. The maximum atomic E-state index is 6.75. The zero-order valence-electron chi connectivity index (χ0n) is 29.9. The van der Waals surface area contributed by atoms with Gasteiger partial charge in [0.1, 0.15) is 40.3 Å².